The van der Waals surface area contributed by atoms with Crippen LogP contribution in [0.25, 0.3) is 0 Å². The Hall–Kier alpha value is -1.15. The van der Waals surface area contributed by atoms with Crippen LogP contribution < -0.4 is 10.5 Å². The molecule has 1 aromatic carbocycles. The zero-order valence-electron chi connectivity index (χ0n) is 10.5. The fourth-order valence-corrected chi connectivity index (χ4v) is 1.82. The molecule has 0 spiro atoms. The number of ether oxygens (including phenoxy) is 1. The summed E-state index contributed by atoms with van der Waals surface area (Å²) < 4.78 is 5.58. The van der Waals surface area contributed by atoms with E-state index in [4.69, 9.17) is 22.1 Å². The molecule has 2 N–H and O–H groups in total. The molecule has 0 saturated heterocycles. The first-order valence-electron chi connectivity index (χ1n) is 5.87. The van der Waals surface area contributed by atoms with Gasteiger partial charge in [-0.15, -0.1) is 0 Å². The maximum absolute atomic E-state index is 6.15. The van der Waals surface area contributed by atoms with Gasteiger partial charge in [-0.05, 0) is 50.8 Å². The first-order chi connectivity index (χ1) is 7.99. The van der Waals surface area contributed by atoms with Crippen molar-refractivity contribution in [1.82, 2.24) is 0 Å². The first kappa shape index (κ1) is 13.9. The number of halogens is 1. The Morgan fingerprint density at radius 2 is 2.18 bits per heavy atom. The molecular weight excluding hydrogens is 234 g/mol. The SMILES string of the molecule is C=C(N)CCCc1ccc(OC(C)C)c(Cl)c1. The minimum Gasteiger partial charge on any atom is -0.489 e. The lowest BCUT2D eigenvalue weighted by atomic mass is 10.1. The highest BCUT2D eigenvalue weighted by Gasteiger charge is 2.05. The monoisotopic (exact) mass is 253 g/mol. The Balaban J connectivity index is 2.59. The molecule has 0 aliphatic carbocycles. The molecule has 0 unspecified atom stereocenters. The molecule has 0 aromatic heterocycles. The summed E-state index contributed by atoms with van der Waals surface area (Å²) in [6.07, 6.45) is 2.94. The minimum absolute atomic E-state index is 0.138. The fourth-order valence-electron chi connectivity index (χ4n) is 1.57. The Labute approximate surface area is 108 Å². The third-order valence-corrected chi connectivity index (χ3v) is 2.62. The van der Waals surface area contributed by atoms with Gasteiger partial charge in [-0.3, -0.25) is 0 Å². The lowest BCUT2D eigenvalue weighted by Crippen LogP contribution is -2.06. The molecule has 2 nitrogen and oxygen atoms in total. The third kappa shape index (κ3) is 5.14. The van der Waals surface area contributed by atoms with Gasteiger partial charge in [0.05, 0.1) is 11.1 Å². The molecule has 0 aliphatic rings. The summed E-state index contributed by atoms with van der Waals surface area (Å²) in [6.45, 7) is 7.65. The molecule has 0 aliphatic heterocycles. The van der Waals surface area contributed by atoms with Gasteiger partial charge in [0.15, 0.2) is 0 Å². The van der Waals surface area contributed by atoms with Crippen LogP contribution in [0.5, 0.6) is 5.75 Å². The lowest BCUT2D eigenvalue weighted by molar-refractivity contribution is 0.242. The van der Waals surface area contributed by atoms with Gasteiger partial charge < -0.3 is 10.5 Å². The van der Waals surface area contributed by atoms with Gasteiger partial charge in [0, 0.05) is 5.70 Å². The van der Waals surface area contributed by atoms with Gasteiger partial charge in [0.25, 0.3) is 0 Å². The molecule has 0 amide bonds. The van der Waals surface area contributed by atoms with E-state index < -0.39 is 0 Å². The van der Waals surface area contributed by atoms with E-state index in [9.17, 15) is 0 Å². The minimum atomic E-state index is 0.138. The van der Waals surface area contributed by atoms with Crippen LogP contribution in [0.4, 0.5) is 0 Å². The molecular formula is C14H20ClNO. The quantitative estimate of drug-likeness (QED) is 0.834. The molecule has 0 saturated carbocycles. The van der Waals surface area contributed by atoms with Crippen molar-refractivity contribution in [2.24, 2.45) is 5.73 Å². The van der Waals surface area contributed by atoms with E-state index in [0.717, 1.165) is 30.7 Å². The molecule has 0 fully saturated rings. The smallest absolute Gasteiger partial charge is 0.138 e. The number of benzene rings is 1. The van der Waals surface area contributed by atoms with Crippen molar-refractivity contribution in [1.29, 1.82) is 0 Å². The van der Waals surface area contributed by atoms with Crippen molar-refractivity contribution >= 4 is 11.6 Å². The normalized spacial score (nSPS) is 10.6. The summed E-state index contributed by atoms with van der Waals surface area (Å²) in [4.78, 5) is 0. The summed E-state index contributed by atoms with van der Waals surface area (Å²) >= 11 is 6.15. The van der Waals surface area contributed by atoms with E-state index in [0.29, 0.717) is 5.02 Å². The van der Waals surface area contributed by atoms with Gasteiger partial charge in [-0.25, -0.2) is 0 Å². The van der Waals surface area contributed by atoms with Crippen molar-refractivity contribution in [3.8, 4) is 5.75 Å². The molecule has 0 bridgehead atoms. The number of nitrogens with two attached hydrogens (primary N) is 1. The van der Waals surface area contributed by atoms with Crippen LogP contribution >= 0.6 is 11.6 Å². The van der Waals surface area contributed by atoms with Crippen molar-refractivity contribution in [2.45, 2.75) is 39.2 Å². The highest BCUT2D eigenvalue weighted by Crippen LogP contribution is 2.27. The average molecular weight is 254 g/mol. The average Bonchev–Trinajstić information content (AvgIpc) is 2.21. The Kier molecular flexibility index (Phi) is 5.36. The molecule has 1 rings (SSSR count). The second kappa shape index (κ2) is 6.55. The summed E-state index contributed by atoms with van der Waals surface area (Å²) in [6, 6.07) is 5.93. The molecule has 0 heterocycles. The molecule has 0 atom stereocenters. The van der Waals surface area contributed by atoms with Gasteiger partial charge in [0.2, 0.25) is 0 Å². The van der Waals surface area contributed by atoms with Gasteiger partial charge in [-0.2, -0.15) is 0 Å². The summed E-state index contributed by atoms with van der Waals surface area (Å²) in [7, 11) is 0. The molecule has 1 aromatic rings. The Bertz CT molecular complexity index is 388. The summed E-state index contributed by atoms with van der Waals surface area (Å²) in [5.74, 6) is 0.744. The number of allylic oxidation sites excluding steroid dienone is 1. The zero-order chi connectivity index (χ0) is 12.8. The lowest BCUT2D eigenvalue weighted by Gasteiger charge is -2.12. The van der Waals surface area contributed by atoms with Crippen LogP contribution in [0.1, 0.15) is 32.3 Å². The van der Waals surface area contributed by atoms with E-state index >= 15 is 0 Å². The van der Waals surface area contributed by atoms with E-state index in [1.807, 2.05) is 32.0 Å². The second-order valence-corrected chi connectivity index (χ2v) is 4.85. The number of hydrogen-bond acceptors (Lipinski definition) is 2. The van der Waals surface area contributed by atoms with Gasteiger partial charge >= 0.3 is 0 Å². The van der Waals surface area contributed by atoms with Crippen LogP contribution in [0.15, 0.2) is 30.5 Å². The van der Waals surface area contributed by atoms with E-state index in [2.05, 4.69) is 6.58 Å². The summed E-state index contributed by atoms with van der Waals surface area (Å²) in [5, 5.41) is 0.669. The van der Waals surface area contributed by atoms with Crippen molar-refractivity contribution in [3.05, 3.63) is 41.1 Å². The number of aryl methyl sites for hydroxylation is 1. The van der Waals surface area contributed by atoms with Crippen LogP contribution in [-0.4, -0.2) is 6.10 Å². The van der Waals surface area contributed by atoms with E-state index in [1.165, 1.54) is 5.56 Å². The Morgan fingerprint density at radius 3 is 2.71 bits per heavy atom. The van der Waals surface area contributed by atoms with Gasteiger partial charge in [-0.1, -0.05) is 24.2 Å². The Morgan fingerprint density at radius 1 is 1.47 bits per heavy atom. The second-order valence-electron chi connectivity index (χ2n) is 4.44. The van der Waals surface area contributed by atoms with Crippen LogP contribution in [-0.2, 0) is 6.42 Å². The van der Waals surface area contributed by atoms with Crippen molar-refractivity contribution in [3.63, 3.8) is 0 Å². The predicted octanol–water partition coefficient (Wildman–Crippen LogP) is 3.92. The standard InChI is InChI=1S/C14H20ClNO/c1-10(2)17-14-8-7-12(9-13(14)15)6-4-5-11(3)16/h7-10H,3-6,16H2,1-2H3. The van der Waals surface area contributed by atoms with Crippen molar-refractivity contribution < 1.29 is 4.74 Å². The predicted molar refractivity (Wildman–Crippen MR) is 73.5 cm³/mol. The van der Waals surface area contributed by atoms with Gasteiger partial charge in [0.1, 0.15) is 5.75 Å². The van der Waals surface area contributed by atoms with Crippen LogP contribution in [0.2, 0.25) is 5.02 Å². The molecule has 3 heteroatoms. The molecule has 94 valence electrons. The molecule has 0 radical (unpaired) electrons. The number of hydrogen-bond donors (Lipinski definition) is 1. The van der Waals surface area contributed by atoms with Crippen LogP contribution in [0, 0.1) is 0 Å². The molecule has 17 heavy (non-hydrogen) atoms. The fraction of sp³-hybridized carbons (Fsp3) is 0.429. The maximum atomic E-state index is 6.15. The number of rotatable bonds is 6. The van der Waals surface area contributed by atoms with Crippen LogP contribution in [0.3, 0.4) is 0 Å². The largest absolute Gasteiger partial charge is 0.489 e. The van der Waals surface area contributed by atoms with E-state index in [-0.39, 0.29) is 6.10 Å². The first-order valence-corrected chi connectivity index (χ1v) is 6.25. The maximum Gasteiger partial charge on any atom is 0.138 e. The third-order valence-electron chi connectivity index (χ3n) is 2.32. The summed E-state index contributed by atoms with van der Waals surface area (Å²) in [5.41, 5.74) is 7.46. The highest BCUT2D eigenvalue weighted by molar-refractivity contribution is 6.32. The zero-order valence-corrected chi connectivity index (χ0v) is 11.3. The highest BCUT2D eigenvalue weighted by atomic mass is 35.5. The topological polar surface area (TPSA) is 35.2 Å². The van der Waals surface area contributed by atoms with Crippen molar-refractivity contribution in [2.75, 3.05) is 0 Å². The van der Waals surface area contributed by atoms with E-state index in [1.54, 1.807) is 0 Å².